The van der Waals surface area contributed by atoms with E-state index >= 15 is 0 Å². The Labute approximate surface area is 72.6 Å². The summed E-state index contributed by atoms with van der Waals surface area (Å²) in [5, 5.41) is 9.57. The lowest BCUT2D eigenvalue weighted by Gasteiger charge is -1.95. The van der Waals surface area contributed by atoms with Crippen LogP contribution >= 0.6 is 11.6 Å². The van der Waals surface area contributed by atoms with Crippen molar-refractivity contribution in [1.82, 2.24) is 0 Å². The first kappa shape index (κ1) is 10.3. The first-order valence-electron chi connectivity index (χ1n) is 3.65. The van der Waals surface area contributed by atoms with E-state index in [1.807, 2.05) is 20.8 Å². The topological polar surface area (TPSA) is 20.2 Å². The Hall–Kier alpha value is -0.690. The Morgan fingerprint density at radius 3 is 2.18 bits per heavy atom. The van der Waals surface area contributed by atoms with Gasteiger partial charge < -0.3 is 5.11 Å². The number of aromatic hydroxyl groups is 1. The molecule has 0 heterocycles. The molecule has 0 saturated heterocycles. The largest absolute Gasteiger partial charge is 0.508 e. The Morgan fingerprint density at radius 2 is 1.82 bits per heavy atom. The van der Waals surface area contributed by atoms with Gasteiger partial charge in [-0.3, -0.25) is 0 Å². The van der Waals surface area contributed by atoms with Crippen LogP contribution in [0.4, 0.5) is 0 Å². The van der Waals surface area contributed by atoms with E-state index in [4.69, 9.17) is 16.7 Å². The summed E-state index contributed by atoms with van der Waals surface area (Å²) < 4.78 is 0. The highest BCUT2D eigenvalue weighted by Crippen LogP contribution is 2.19. The summed E-state index contributed by atoms with van der Waals surface area (Å²) in [7, 11) is 0. The minimum atomic E-state index is 0.261. The van der Waals surface area contributed by atoms with Crippen molar-refractivity contribution in [3.63, 3.8) is 0 Å². The molecule has 1 N–H and O–H groups in total. The van der Waals surface area contributed by atoms with Crippen molar-refractivity contribution in [2.45, 2.75) is 20.8 Å². The third-order valence-electron chi connectivity index (χ3n) is 1.14. The van der Waals surface area contributed by atoms with Crippen LogP contribution in [-0.2, 0) is 0 Å². The summed E-state index contributed by atoms with van der Waals surface area (Å²) in [6, 6.07) is 4.86. The van der Waals surface area contributed by atoms with Crippen molar-refractivity contribution >= 4 is 11.6 Å². The van der Waals surface area contributed by atoms with Gasteiger partial charge in [-0.15, -0.1) is 0 Å². The van der Waals surface area contributed by atoms with Crippen LogP contribution in [0.2, 0.25) is 5.02 Å². The number of benzene rings is 1. The van der Waals surface area contributed by atoms with E-state index in [9.17, 15) is 0 Å². The van der Waals surface area contributed by atoms with Crippen LogP contribution in [0, 0.1) is 6.92 Å². The van der Waals surface area contributed by atoms with E-state index in [1.54, 1.807) is 18.2 Å². The van der Waals surface area contributed by atoms with Gasteiger partial charge in [-0.1, -0.05) is 25.4 Å². The van der Waals surface area contributed by atoms with Crippen LogP contribution < -0.4 is 0 Å². The van der Waals surface area contributed by atoms with Gasteiger partial charge >= 0.3 is 0 Å². The van der Waals surface area contributed by atoms with Gasteiger partial charge in [0.2, 0.25) is 0 Å². The van der Waals surface area contributed by atoms with Crippen molar-refractivity contribution in [3.8, 4) is 5.75 Å². The fourth-order valence-corrected chi connectivity index (χ4v) is 0.746. The molecule has 0 aliphatic rings. The van der Waals surface area contributed by atoms with Crippen LogP contribution in [0.15, 0.2) is 18.2 Å². The predicted molar refractivity (Wildman–Crippen MR) is 49.2 cm³/mol. The summed E-state index contributed by atoms with van der Waals surface area (Å²) in [5.41, 5.74) is 0.900. The summed E-state index contributed by atoms with van der Waals surface area (Å²) in [6.45, 7) is 5.85. The minimum Gasteiger partial charge on any atom is -0.508 e. The summed E-state index contributed by atoms with van der Waals surface area (Å²) in [4.78, 5) is 0. The number of phenolic OH excluding ortho intramolecular Hbond substituents is 1. The maximum atomic E-state index is 8.88. The fourth-order valence-electron chi connectivity index (χ4n) is 0.629. The van der Waals surface area contributed by atoms with Crippen LogP contribution in [0.1, 0.15) is 19.4 Å². The number of hydrogen-bond donors (Lipinski definition) is 1. The third kappa shape index (κ3) is 3.28. The Morgan fingerprint density at radius 1 is 1.27 bits per heavy atom. The smallest absolute Gasteiger partial charge is 0.115 e. The molecule has 0 radical (unpaired) electrons. The lowest BCUT2D eigenvalue weighted by molar-refractivity contribution is 0.475. The van der Waals surface area contributed by atoms with E-state index in [0.717, 1.165) is 5.56 Å². The monoisotopic (exact) mass is 172 g/mol. The Kier molecular flexibility index (Phi) is 4.71. The normalized spacial score (nSPS) is 8.36. The fraction of sp³-hybridized carbons (Fsp3) is 0.333. The van der Waals surface area contributed by atoms with Gasteiger partial charge in [0.25, 0.3) is 0 Å². The van der Waals surface area contributed by atoms with E-state index in [-0.39, 0.29) is 5.75 Å². The molecule has 0 aromatic heterocycles. The third-order valence-corrected chi connectivity index (χ3v) is 1.57. The average molecular weight is 173 g/mol. The molecule has 1 aromatic rings. The first-order valence-corrected chi connectivity index (χ1v) is 4.03. The van der Waals surface area contributed by atoms with E-state index < -0.39 is 0 Å². The second-order valence-corrected chi connectivity index (χ2v) is 2.34. The number of aryl methyl sites for hydroxylation is 1. The van der Waals surface area contributed by atoms with Crippen LogP contribution in [0.25, 0.3) is 0 Å². The molecule has 0 aliphatic carbocycles. The standard InChI is InChI=1S/C7H7ClO.C2H6/c1-5-4-6(9)2-3-7(5)8;1-2/h2-4,9H,1H3;1-2H3. The maximum Gasteiger partial charge on any atom is 0.115 e. The second kappa shape index (κ2) is 5.03. The number of hydrogen-bond acceptors (Lipinski definition) is 1. The maximum absolute atomic E-state index is 8.88. The number of halogens is 1. The molecule has 0 amide bonds. The summed E-state index contributed by atoms with van der Waals surface area (Å²) >= 11 is 5.67. The van der Waals surface area contributed by atoms with Crippen molar-refractivity contribution in [2.75, 3.05) is 0 Å². The van der Waals surface area contributed by atoms with E-state index in [2.05, 4.69) is 0 Å². The number of phenols is 1. The zero-order chi connectivity index (χ0) is 8.85. The highest BCUT2D eigenvalue weighted by atomic mass is 35.5. The van der Waals surface area contributed by atoms with Crippen molar-refractivity contribution in [3.05, 3.63) is 28.8 Å². The zero-order valence-corrected chi connectivity index (χ0v) is 7.81. The van der Waals surface area contributed by atoms with Gasteiger partial charge in [0, 0.05) is 5.02 Å². The molecule has 0 atom stereocenters. The van der Waals surface area contributed by atoms with Gasteiger partial charge in [-0.25, -0.2) is 0 Å². The molecular formula is C9H13ClO. The molecule has 0 unspecified atom stereocenters. The Bertz CT molecular complexity index is 221. The van der Waals surface area contributed by atoms with Gasteiger partial charge in [0.05, 0.1) is 0 Å². The molecule has 0 fully saturated rings. The van der Waals surface area contributed by atoms with E-state index in [0.29, 0.717) is 5.02 Å². The molecule has 0 spiro atoms. The van der Waals surface area contributed by atoms with Gasteiger partial charge in [-0.05, 0) is 30.7 Å². The molecule has 0 aliphatic heterocycles. The highest BCUT2D eigenvalue weighted by Gasteiger charge is 1.92. The first-order chi connectivity index (χ1) is 5.20. The van der Waals surface area contributed by atoms with Gasteiger partial charge in [0.1, 0.15) is 5.75 Å². The quantitative estimate of drug-likeness (QED) is 0.636. The molecule has 11 heavy (non-hydrogen) atoms. The zero-order valence-electron chi connectivity index (χ0n) is 7.06. The van der Waals surface area contributed by atoms with E-state index in [1.165, 1.54) is 0 Å². The Balaban J connectivity index is 0.000000461. The van der Waals surface area contributed by atoms with Gasteiger partial charge in [-0.2, -0.15) is 0 Å². The average Bonchev–Trinajstić information content (AvgIpc) is 2.02. The van der Waals surface area contributed by atoms with Crippen molar-refractivity contribution < 1.29 is 5.11 Å². The van der Waals surface area contributed by atoms with Crippen LogP contribution in [-0.4, -0.2) is 5.11 Å². The predicted octanol–water partition coefficient (Wildman–Crippen LogP) is 3.38. The summed E-state index contributed by atoms with van der Waals surface area (Å²) in [5.74, 6) is 0.261. The highest BCUT2D eigenvalue weighted by molar-refractivity contribution is 6.31. The lowest BCUT2D eigenvalue weighted by Crippen LogP contribution is -1.71. The molecule has 0 saturated carbocycles. The SMILES string of the molecule is CC.Cc1cc(O)ccc1Cl. The molecule has 1 rings (SSSR count). The molecule has 1 aromatic carbocycles. The molecule has 0 bridgehead atoms. The minimum absolute atomic E-state index is 0.261. The molecule has 2 heteroatoms. The van der Waals surface area contributed by atoms with Crippen LogP contribution in [0.5, 0.6) is 5.75 Å². The van der Waals surface area contributed by atoms with Crippen molar-refractivity contribution in [2.24, 2.45) is 0 Å². The summed E-state index contributed by atoms with van der Waals surface area (Å²) in [6.07, 6.45) is 0. The van der Waals surface area contributed by atoms with Crippen LogP contribution in [0.3, 0.4) is 0 Å². The van der Waals surface area contributed by atoms with Gasteiger partial charge in [0.15, 0.2) is 0 Å². The number of rotatable bonds is 0. The second-order valence-electron chi connectivity index (χ2n) is 1.93. The van der Waals surface area contributed by atoms with Crippen molar-refractivity contribution in [1.29, 1.82) is 0 Å². The molecule has 1 nitrogen and oxygen atoms in total. The lowest BCUT2D eigenvalue weighted by atomic mass is 10.2. The molecular weight excluding hydrogens is 160 g/mol. The molecule has 62 valence electrons.